The van der Waals surface area contributed by atoms with Crippen LogP contribution in [0.25, 0.3) is 0 Å². The third kappa shape index (κ3) is 5.46. The van der Waals surface area contributed by atoms with Crippen molar-refractivity contribution in [2.75, 3.05) is 20.6 Å². The molecule has 0 spiro atoms. The number of halogens is 2. The summed E-state index contributed by atoms with van der Waals surface area (Å²) in [5.74, 6) is 0.116. The maximum absolute atomic E-state index is 13.3. The molecule has 0 radical (unpaired) electrons. The first-order valence-electron chi connectivity index (χ1n) is 9.66. The maximum Gasteiger partial charge on any atom is 0.227 e. The molecular formula is C21H30Cl2N2O2. The number of Topliss-reactive ketones (excluding diaryl/α,β-unsaturated/α-hetero) is 1. The van der Waals surface area contributed by atoms with E-state index in [9.17, 15) is 9.59 Å². The Morgan fingerprint density at radius 3 is 2.41 bits per heavy atom. The zero-order valence-electron chi connectivity index (χ0n) is 16.7. The summed E-state index contributed by atoms with van der Waals surface area (Å²) in [5, 5.41) is 0.935. The number of carbonyl (C=O) groups is 2. The third-order valence-electron chi connectivity index (χ3n) is 5.49. The van der Waals surface area contributed by atoms with Gasteiger partial charge in [0.25, 0.3) is 0 Å². The van der Waals surface area contributed by atoms with Gasteiger partial charge in [-0.2, -0.15) is 0 Å². The van der Waals surface area contributed by atoms with Crippen LogP contribution in [0.3, 0.4) is 0 Å². The van der Waals surface area contributed by atoms with E-state index in [0.29, 0.717) is 16.6 Å². The Bertz CT molecular complexity index is 678. The molecule has 1 aromatic carbocycles. The molecule has 1 fully saturated rings. The van der Waals surface area contributed by atoms with Crippen molar-refractivity contribution in [3.05, 3.63) is 33.8 Å². The molecule has 1 saturated carbocycles. The molecule has 3 atom stereocenters. The van der Waals surface area contributed by atoms with E-state index in [1.165, 1.54) is 0 Å². The molecule has 6 heteroatoms. The Kier molecular flexibility index (Phi) is 8.14. The fourth-order valence-electron chi connectivity index (χ4n) is 4.20. The van der Waals surface area contributed by atoms with Crippen molar-refractivity contribution in [1.82, 2.24) is 9.80 Å². The fourth-order valence-corrected chi connectivity index (χ4v) is 4.52. The van der Waals surface area contributed by atoms with Gasteiger partial charge in [-0.25, -0.2) is 0 Å². The van der Waals surface area contributed by atoms with Crippen LogP contribution < -0.4 is 0 Å². The highest BCUT2D eigenvalue weighted by Gasteiger charge is 2.41. The predicted molar refractivity (Wildman–Crippen MR) is 111 cm³/mol. The van der Waals surface area contributed by atoms with Crippen LogP contribution in [0.2, 0.25) is 10.0 Å². The van der Waals surface area contributed by atoms with E-state index in [4.69, 9.17) is 23.2 Å². The third-order valence-corrected chi connectivity index (χ3v) is 6.23. The van der Waals surface area contributed by atoms with E-state index in [0.717, 1.165) is 31.2 Å². The molecule has 0 aromatic heterocycles. The summed E-state index contributed by atoms with van der Waals surface area (Å²) < 4.78 is 0. The summed E-state index contributed by atoms with van der Waals surface area (Å²) in [6, 6.07) is 5.42. The molecule has 0 saturated heterocycles. The van der Waals surface area contributed by atoms with E-state index < -0.39 is 0 Å². The van der Waals surface area contributed by atoms with E-state index in [1.54, 1.807) is 19.1 Å². The largest absolute Gasteiger partial charge is 0.337 e. The number of hydrogen-bond acceptors (Lipinski definition) is 3. The number of carbonyl (C=O) groups excluding carboxylic acids is 2. The van der Waals surface area contributed by atoms with Crippen LogP contribution in [0.5, 0.6) is 0 Å². The molecule has 3 unspecified atom stereocenters. The predicted octanol–water partition coefficient (Wildman–Crippen LogP) is 4.46. The molecule has 1 amide bonds. The number of benzene rings is 1. The Labute approximate surface area is 172 Å². The normalized spacial score (nSPS) is 22.7. The van der Waals surface area contributed by atoms with Crippen LogP contribution in [0.15, 0.2) is 18.2 Å². The van der Waals surface area contributed by atoms with Gasteiger partial charge in [0.2, 0.25) is 5.91 Å². The number of nitrogens with zero attached hydrogens (tertiary/aromatic N) is 2. The van der Waals surface area contributed by atoms with Gasteiger partial charge < -0.3 is 9.80 Å². The number of likely N-dealkylation sites (N-methyl/N-ethyl adjacent to an activating group) is 1. The summed E-state index contributed by atoms with van der Waals surface area (Å²) in [7, 11) is 4.07. The highest BCUT2D eigenvalue weighted by atomic mass is 35.5. The highest BCUT2D eigenvalue weighted by molar-refractivity contribution is 6.42. The van der Waals surface area contributed by atoms with Crippen LogP contribution in [0.4, 0.5) is 0 Å². The van der Waals surface area contributed by atoms with Crippen molar-refractivity contribution < 1.29 is 9.59 Å². The van der Waals surface area contributed by atoms with Gasteiger partial charge in [0, 0.05) is 18.5 Å². The van der Waals surface area contributed by atoms with Crippen molar-refractivity contribution in [3.63, 3.8) is 0 Å². The SMILES string of the molecule is CCCN(C(=O)Cc1ccc(Cl)c(Cl)c1)C1C(C(C)=O)CCCC1N(C)C. The summed E-state index contributed by atoms with van der Waals surface area (Å²) in [6.07, 6.45) is 3.99. The lowest BCUT2D eigenvalue weighted by molar-refractivity contribution is -0.139. The molecule has 0 N–H and O–H groups in total. The average Bonchev–Trinajstić information content (AvgIpc) is 2.62. The molecular weight excluding hydrogens is 383 g/mol. The summed E-state index contributed by atoms with van der Waals surface area (Å²) >= 11 is 12.1. The molecule has 0 heterocycles. The highest BCUT2D eigenvalue weighted by Crippen LogP contribution is 2.33. The van der Waals surface area contributed by atoms with E-state index in [2.05, 4.69) is 11.8 Å². The van der Waals surface area contributed by atoms with Gasteiger partial charge in [0.1, 0.15) is 5.78 Å². The Balaban J connectivity index is 2.31. The molecule has 1 aliphatic rings. The fraction of sp³-hybridized carbons (Fsp3) is 0.619. The minimum absolute atomic E-state index is 0.0419. The molecule has 0 aliphatic heterocycles. The minimum Gasteiger partial charge on any atom is -0.337 e. The summed E-state index contributed by atoms with van der Waals surface area (Å²) in [4.78, 5) is 29.7. The van der Waals surface area contributed by atoms with E-state index >= 15 is 0 Å². The molecule has 1 aromatic rings. The second-order valence-electron chi connectivity index (χ2n) is 7.68. The molecule has 4 nitrogen and oxygen atoms in total. The zero-order chi connectivity index (χ0) is 20.1. The van der Waals surface area contributed by atoms with E-state index in [1.807, 2.05) is 25.1 Å². The van der Waals surface area contributed by atoms with Gasteiger partial charge in [0.15, 0.2) is 0 Å². The van der Waals surface area contributed by atoms with Crippen LogP contribution in [-0.4, -0.2) is 54.2 Å². The topological polar surface area (TPSA) is 40.6 Å². The number of ketones is 1. The molecule has 0 bridgehead atoms. The van der Waals surface area contributed by atoms with E-state index in [-0.39, 0.29) is 36.1 Å². The Hall–Kier alpha value is -1.10. The van der Waals surface area contributed by atoms with Gasteiger partial charge in [-0.1, -0.05) is 42.6 Å². The lowest BCUT2D eigenvalue weighted by Crippen LogP contribution is -2.59. The first kappa shape index (κ1) is 22.2. The van der Waals surface area contributed by atoms with Crippen molar-refractivity contribution in [1.29, 1.82) is 0 Å². The lowest BCUT2D eigenvalue weighted by atomic mass is 9.77. The minimum atomic E-state index is -0.101. The van der Waals surface area contributed by atoms with Gasteiger partial charge >= 0.3 is 0 Å². The van der Waals surface area contributed by atoms with Crippen LogP contribution in [0.1, 0.15) is 45.1 Å². The Morgan fingerprint density at radius 1 is 1.15 bits per heavy atom. The Morgan fingerprint density at radius 2 is 1.85 bits per heavy atom. The van der Waals surface area contributed by atoms with Crippen LogP contribution in [0, 0.1) is 5.92 Å². The summed E-state index contributed by atoms with van der Waals surface area (Å²) in [6.45, 7) is 4.37. The second kappa shape index (κ2) is 9.90. The summed E-state index contributed by atoms with van der Waals surface area (Å²) in [5.41, 5.74) is 0.840. The number of rotatable bonds is 7. The van der Waals surface area contributed by atoms with Crippen molar-refractivity contribution in [2.45, 2.75) is 58.0 Å². The van der Waals surface area contributed by atoms with Crippen molar-refractivity contribution >= 4 is 34.9 Å². The second-order valence-corrected chi connectivity index (χ2v) is 8.50. The molecule has 150 valence electrons. The van der Waals surface area contributed by atoms with Gasteiger partial charge in [0.05, 0.1) is 22.5 Å². The smallest absolute Gasteiger partial charge is 0.227 e. The zero-order valence-corrected chi connectivity index (χ0v) is 18.2. The molecule has 27 heavy (non-hydrogen) atoms. The lowest BCUT2D eigenvalue weighted by Gasteiger charge is -2.46. The first-order valence-corrected chi connectivity index (χ1v) is 10.4. The van der Waals surface area contributed by atoms with Gasteiger partial charge in [-0.15, -0.1) is 0 Å². The van der Waals surface area contributed by atoms with Crippen molar-refractivity contribution in [2.24, 2.45) is 5.92 Å². The molecule has 1 aliphatic carbocycles. The maximum atomic E-state index is 13.3. The van der Waals surface area contributed by atoms with Gasteiger partial charge in [-0.3, -0.25) is 9.59 Å². The average molecular weight is 413 g/mol. The van der Waals surface area contributed by atoms with Gasteiger partial charge in [-0.05, 0) is 58.0 Å². The number of amides is 1. The van der Waals surface area contributed by atoms with Crippen LogP contribution >= 0.6 is 23.2 Å². The van der Waals surface area contributed by atoms with Crippen molar-refractivity contribution in [3.8, 4) is 0 Å². The van der Waals surface area contributed by atoms with Crippen LogP contribution in [-0.2, 0) is 16.0 Å². The molecule has 2 rings (SSSR count). The number of hydrogen-bond donors (Lipinski definition) is 0. The quantitative estimate of drug-likeness (QED) is 0.663. The first-order chi connectivity index (χ1) is 12.8. The standard InChI is InChI=1S/C21H30Cl2N2O2/c1-5-11-25(20(27)13-15-9-10-17(22)18(23)12-15)21-16(14(2)26)7-6-8-19(21)24(3)4/h9-10,12,16,19,21H,5-8,11,13H2,1-4H3. The monoisotopic (exact) mass is 412 g/mol.